The van der Waals surface area contributed by atoms with Gasteiger partial charge in [-0.15, -0.1) is 24.4 Å². The van der Waals surface area contributed by atoms with Crippen molar-refractivity contribution < 1.29 is 0 Å². The Morgan fingerprint density at radius 2 is 2.00 bits per heavy atom. The van der Waals surface area contributed by atoms with Crippen LogP contribution < -0.4 is 0 Å². The Labute approximate surface area is 103 Å². The number of thiol groups is 1. The molecule has 0 saturated carbocycles. The Hall–Kier alpha value is -0.120. The lowest BCUT2D eigenvalue weighted by Gasteiger charge is -2.17. The predicted molar refractivity (Wildman–Crippen MR) is 72.2 cm³/mol. The Bertz CT molecular complexity index is 285. The fourth-order valence-electron chi connectivity index (χ4n) is 1.41. The van der Waals surface area contributed by atoms with Crippen LogP contribution in [0.5, 0.6) is 0 Å². The lowest BCUT2D eigenvalue weighted by Crippen LogP contribution is -2.25. The highest BCUT2D eigenvalue weighted by atomic mass is 32.2. The molecule has 1 rings (SSSR count). The molecule has 0 unspecified atom stereocenters. The van der Waals surface area contributed by atoms with Gasteiger partial charge in [0.25, 0.3) is 0 Å². The summed E-state index contributed by atoms with van der Waals surface area (Å²) in [7, 11) is 0. The third kappa shape index (κ3) is 4.96. The van der Waals surface area contributed by atoms with Crippen molar-refractivity contribution in [3.63, 3.8) is 0 Å². The summed E-state index contributed by atoms with van der Waals surface area (Å²) in [6.07, 6.45) is 0. The quantitative estimate of drug-likeness (QED) is 0.600. The SMILES string of the molecule is CCN(CC)CCSc1cccc(S)c1. The smallest absolute Gasteiger partial charge is 0.0108 e. The van der Waals surface area contributed by atoms with Gasteiger partial charge >= 0.3 is 0 Å². The van der Waals surface area contributed by atoms with Crippen LogP contribution in [0.25, 0.3) is 0 Å². The minimum atomic E-state index is 1.04. The highest BCUT2D eigenvalue weighted by Crippen LogP contribution is 2.20. The van der Waals surface area contributed by atoms with Gasteiger partial charge in [0.15, 0.2) is 0 Å². The molecule has 0 saturated heterocycles. The first kappa shape index (κ1) is 12.9. The number of hydrogen-bond donors (Lipinski definition) is 1. The molecule has 0 bridgehead atoms. The first-order valence-electron chi connectivity index (χ1n) is 5.40. The highest BCUT2D eigenvalue weighted by molar-refractivity contribution is 7.99. The zero-order valence-electron chi connectivity index (χ0n) is 9.44. The van der Waals surface area contributed by atoms with Gasteiger partial charge in [0, 0.05) is 22.1 Å². The van der Waals surface area contributed by atoms with E-state index in [-0.39, 0.29) is 0 Å². The third-order valence-electron chi connectivity index (χ3n) is 2.39. The summed E-state index contributed by atoms with van der Waals surface area (Å²) < 4.78 is 0. The van der Waals surface area contributed by atoms with Crippen molar-refractivity contribution in [3.8, 4) is 0 Å². The highest BCUT2D eigenvalue weighted by Gasteiger charge is 1.99. The van der Waals surface area contributed by atoms with Crippen molar-refractivity contribution in [1.29, 1.82) is 0 Å². The molecule has 0 aromatic heterocycles. The first-order chi connectivity index (χ1) is 7.26. The van der Waals surface area contributed by atoms with E-state index in [4.69, 9.17) is 0 Å². The summed E-state index contributed by atoms with van der Waals surface area (Å²) >= 11 is 6.23. The maximum absolute atomic E-state index is 4.33. The molecule has 1 aromatic carbocycles. The largest absolute Gasteiger partial charge is 0.303 e. The van der Waals surface area contributed by atoms with Crippen LogP contribution in [0, 0.1) is 0 Å². The summed E-state index contributed by atoms with van der Waals surface area (Å²) in [5.41, 5.74) is 0. The van der Waals surface area contributed by atoms with Gasteiger partial charge in [0.05, 0.1) is 0 Å². The first-order valence-corrected chi connectivity index (χ1v) is 6.83. The lowest BCUT2D eigenvalue weighted by molar-refractivity contribution is 0.324. The van der Waals surface area contributed by atoms with Crippen molar-refractivity contribution in [2.24, 2.45) is 0 Å². The summed E-state index contributed by atoms with van der Waals surface area (Å²) in [5.74, 6) is 1.15. The summed E-state index contributed by atoms with van der Waals surface area (Å²) in [4.78, 5) is 4.80. The normalized spacial score (nSPS) is 10.9. The Morgan fingerprint density at radius 1 is 1.27 bits per heavy atom. The molecule has 0 fully saturated rings. The topological polar surface area (TPSA) is 3.24 Å². The summed E-state index contributed by atoms with van der Waals surface area (Å²) in [6.45, 7) is 7.87. The number of nitrogens with zero attached hydrogens (tertiary/aromatic N) is 1. The van der Waals surface area contributed by atoms with E-state index in [1.54, 1.807) is 0 Å². The molecule has 0 atom stereocenters. The maximum atomic E-state index is 4.33. The van der Waals surface area contributed by atoms with Gasteiger partial charge in [-0.25, -0.2) is 0 Å². The Balaban J connectivity index is 2.31. The van der Waals surface area contributed by atoms with Crippen molar-refractivity contribution in [2.75, 3.05) is 25.4 Å². The summed E-state index contributed by atoms with van der Waals surface area (Å²) in [6, 6.07) is 8.34. The summed E-state index contributed by atoms with van der Waals surface area (Å²) in [5, 5.41) is 0. The molecule has 3 heteroatoms. The number of rotatable bonds is 6. The molecule has 15 heavy (non-hydrogen) atoms. The van der Waals surface area contributed by atoms with Crippen LogP contribution >= 0.6 is 24.4 Å². The van der Waals surface area contributed by atoms with Crippen molar-refractivity contribution >= 4 is 24.4 Å². The van der Waals surface area contributed by atoms with E-state index in [9.17, 15) is 0 Å². The molecule has 0 heterocycles. The predicted octanol–water partition coefficient (Wildman–Crippen LogP) is 3.41. The maximum Gasteiger partial charge on any atom is 0.0108 e. The fourth-order valence-corrected chi connectivity index (χ4v) is 2.69. The van der Waals surface area contributed by atoms with Crippen LogP contribution in [-0.2, 0) is 0 Å². The van der Waals surface area contributed by atoms with E-state index in [2.05, 4.69) is 49.6 Å². The molecule has 1 nitrogen and oxygen atoms in total. The van der Waals surface area contributed by atoms with Gasteiger partial charge < -0.3 is 4.90 Å². The molecule has 1 aromatic rings. The number of hydrogen-bond acceptors (Lipinski definition) is 3. The zero-order chi connectivity index (χ0) is 11.1. The van der Waals surface area contributed by atoms with Crippen molar-refractivity contribution in [2.45, 2.75) is 23.6 Å². The van der Waals surface area contributed by atoms with E-state index in [1.807, 2.05) is 17.8 Å². The van der Waals surface area contributed by atoms with E-state index in [1.165, 1.54) is 4.90 Å². The average Bonchev–Trinajstić information content (AvgIpc) is 2.25. The van der Waals surface area contributed by atoms with E-state index in [0.29, 0.717) is 0 Å². The molecule has 0 aliphatic rings. The second-order valence-electron chi connectivity index (χ2n) is 3.37. The second kappa shape index (κ2) is 7.20. The van der Waals surface area contributed by atoms with Gasteiger partial charge in [0.1, 0.15) is 0 Å². The van der Waals surface area contributed by atoms with Gasteiger partial charge in [0.2, 0.25) is 0 Å². The number of thioether (sulfide) groups is 1. The number of benzene rings is 1. The van der Waals surface area contributed by atoms with Crippen LogP contribution in [0.3, 0.4) is 0 Å². The molecule has 0 aliphatic heterocycles. The molecule has 84 valence electrons. The van der Waals surface area contributed by atoms with Gasteiger partial charge in [-0.1, -0.05) is 19.9 Å². The van der Waals surface area contributed by atoms with Gasteiger partial charge in [-0.05, 0) is 31.3 Å². The van der Waals surface area contributed by atoms with E-state index >= 15 is 0 Å². The third-order valence-corrected chi connectivity index (χ3v) is 3.64. The molecular weight excluding hydrogens is 222 g/mol. The minimum absolute atomic E-state index is 1.04. The van der Waals surface area contributed by atoms with Gasteiger partial charge in [-0.3, -0.25) is 0 Å². The van der Waals surface area contributed by atoms with Crippen LogP contribution in [0.4, 0.5) is 0 Å². The Morgan fingerprint density at radius 3 is 2.60 bits per heavy atom. The zero-order valence-corrected chi connectivity index (χ0v) is 11.2. The lowest BCUT2D eigenvalue weighted by atomic mass is 10.4. The minimum Gasteiger partial charge on any atom is -0.303 e. The van der Waals surface area contributed by atoms with Crippen LogP contribution in [0.15, 0.2) is 34.1 Å². The van der Waals surface area contributed by atoms with Crippen LogP contribution in [0.1, 0.15) is 13.8 Å². The van der Waals surface area contributed by atoms with Crippen LogP contribution in [0.2, 0.25) is 0 Å². The van der Waals surface area contributed by atoms with Crippen LogP contribution in [-0.4, -0.2) is 30.3 Å². The fraction of sp³-hybridized carbons (Fsp3) is 0.500. The van der Waals surface area contributed by atoms with Crippen molar-refractivity contribution in [1.82, 2.24) is 4.90 Å². The molecule has 0 spiro atoms. The Kier molecular flexibility index (Phi) is 6.22. The van der Waals surface area contributed by atoms with E-state index < -0.39 is 0 Å². The van der Waals surface area contributed by atoms with Crippen molar-refractivity contribution in [3.05, 3.63) is 24.3 Å². The molecule has 0 amide bonds. The average molecular weight is 241 g/mol. The van der Waals surface area contributed by atoms with Gasteiger partial charge in [-0.2, -0.15) is 0 Å². The standard InChI is InChI=1S/C12H19NS2/c1-3-13(4-2)8-9-15-12-7-5-6-11(14)10-12/h5-7,10,14H,3-4,8-9H2,1-2H3. The monoisotopic (exact) mass is 241 g/mol. The molecule has 0 N–H and O–H groups in total. The molecule has 0 aliphatic carbocycles. The molecule has 0 radical (unpaired) electrons. The molecular formula is C12H19NS2. The second-order valence-corrected chi connectivity index (χ2v) is 5.06. The van der Waals surface area contributed by atoms with E-state index in [0.717, 1.165) is 30.3 Å².